The number of hydrogen-bond acceptors (Lipinski definition) is 8. The van der Waals surface area contributed by atoms with Crippen LogP contribution in [0.15, 0.2) is 244 Å². The Morgan fingerprint density at radius 2 is 0.500 bits per heavy atom. The van der Waals surface area contributed by atoms with Crippen molar-refractivity contribution in [2.75, 3.05) is 0 Å². The Labute approximate surface area is 677 Å². The first-order valence-electron chi connectivity index (χ1n) is 40.8. The monoisotopic (exact) mass is 1500 g/mol. The molecule has 0 unspecified atom stereocenters. The van der Waals surface area contributed by atoms with Crippen LogP contribution in [0, 0.1) is 111 Å². The van der Waals surface area contributed by atoms with E-state index in [0.29, 0.717) is 0 Å². The van der Waals surface area contributed by atoms with Crippen LogP contribution in [0.5, 0.6) is 0 Å². The third kappa shape index (κ3) is 29.0. The molecule has 0 bridgehead atoms. The molecule has 8 nitrogen and oxygen atoms in total. The molecule has 0 aliphatic heterocycles. The highest BCUT2D eigenvalue weighted by Gasteiger charge is 2.06. The quantitative estimate of drug-likeness (QED) is 0.148. The van der Waals surface area contributed by atoms with Crippen molar-refractivity contribution in [2.45, 2.75) is 222 Å². The van der Waals surface area contributed by atoms with Crippen molar-refractivity contribution < 1.29 is 0 Å². The minimum Gasteiger partial charge on any atom is -0.264 e. The van der Waals surface area contributed by atoms with Crippen LogP contribution >= 0.6 is 0 Å². The van der Waals surface area contributed by atoms with Gasteiger partial charge < -0.3 is 0 Å². The summed E-state index contributed by atoms with van der Waals surface area (Å²) in [6.07, 6.45) is 18.7. The first-order chi connectivity index (χ1) is 54.3. The van der Waals surface area contributed by atoms with Gasteiger partial charge in [0.1, 0.15) is 0 Å². The van der Waals surface area contributed by atoms with Crippen LogP contribution in [0.1, 0.15) is 200 Å². The number of nitrogens with zero attached hydrogens (tertiary/aromatic N) is 8. The molecule has 0 saturated heterocycles. The number of benzene rings is 8. The van der Waals surface area contributed by atoms with E-state index in [4.69, 9.17) is 0 Å². The molecular weight excluding hydrogens is 1360 g/mol. The predicted octanol–water partition coefficient (Wildman–Crippen LogP) is 31.0. The Morgan fingerprint density at radius 3 is 1.08 bits per heavy atom. The first-order valence-corrected chi connectivity index (χ1v) is 40.8. The Morgan fingerprint density at radius 1 is 0.170 bits per heavy atom. The summed E-state index contributed by atoms with van der Waals surface area (Å²) >= 11 is 0. The van der Waals surface area contributed by atoms with Gasteiger partial charge in [0.2, 0.25) is 0 Å². The molecule has 0 amide bonds. The molecule has 16 rings (SSSR count). The fourth-order valence-electron chi connectivity index (χ4n) is 11.2. The lowest BCUT2D eigenvalue weighted by Crippen LogP contribution is -1.89. The maximum Gasteiger partial charge on any atom is 0.0918 e. The summed E-state index contributed by atoms with van der Waals surface area (Å²) < 4.78 is 0. The SMILES string of the molecule is CC.CC.CC.CC.CC.CC.CC.CC.Cc1ccc2ccccc2c1C.Cc1ccc2cccnc2c1C.Cc1ccc2ccncc2c1C.Cc1ccc2cnccc2c1C.Cc1ccc2ncccc2c1C.Cc1cnc2ccccc2c1C.Cc1cnc2cccnc2c1C.Cc1ncc2ccccc2c1C. The highest BCUT2D eigenvalue weighted by Crippen LogP contribution is 2.26. The summed E-state index contributed by atoms with van der Waals surface area (Å²) in [6.45, 7) is 65.9. The predicted molar refractivity (Wildman–Crippen MR) is 501 cm³/mol. The van der Waals surface area contributed by atoms with Crippen LogP contribution in [0.25, 0.3) is 86.8 Å². The molecule has 0 aliphatic rings. The van der Waals surface area contributed by atoms with E-state index in [0.717, 1.165) is 33.3 Å². The van der Waals surface area contributed by atoms with Crippen molar-refractivity contribution >= 4 is 86.8 Å². The Balaban J connectivity index is 0.000000623. The Bertz CT molecular complexity index is 4350. The van der Waals surface area contributed by atoms with Gasteiger partial charge in [-0.25, -0.2) is 0 Å². The van der Waals surface area contributed by atoms with Gasteiger partial charge in [-0.15, -0.1) is 0 Å². The number of hydrogen-bond donors (Lipinski definition) is 0. The molecule has 0 atom stereocenters. The zero-order chi connectivity index (χ0) is 84.4. The number of aryl methyl sites for hydroxylation is 16. The van der Waals surface area contributed by atoms with Crippen LogP contribution in [-0.2, 0) is 0 Å². The molecule has 0 radical (unpaired) electrons. The zero-order valence-electron chi connectivity index (χ0n) is 74.7. The lowest BCUT2D eigenvalue weighted by Gasteiger charge is -2.04. The average molecular weight is 1500 g/mol. The van der Waals surface area contributed by atoms with Gasteiger partial charge in [0.05, 0.1) is 27.6 Å². The van der Waals surface area contributed by atoms with Gasteiger partial charge in [0.15, 0.2) is 0 Å². The summed E-state index contributed by atoms with van der Waals surface area (Å²) in [5.41, 5.74) is 26.1. The largest absolute Gasteiger partial charge is 0.264 e. The van der Waals surface area contributed by atoms with Crippen LogP contribution < -0.4 is 0 Å². The Hall–Kier alpha value is -11.0. The summed E-state index contributed by atoms with van der Waals surface area (Å²) in [4.78, 5) is 34.0. The van der Waals surface area contributed by atoms with Gasteiger partial charge in [-0.3, -0.25) is 39.9 Å². The molecule has 8 aromatic carbocycles. The third-order valence-electron chi connectivity index (χ3n) is 18.5. The molecule has 16 aromatic rings. The number of pyridine rings is 8. The molecule has 0 spiro atoms. The zero-order valence-corrected chi connectivity index (χ0v) is 74.7. The van der Waals surface area contributed by atoms with E-state index in [1.807, 2.05) is 222 Å². The first kappa shape index (κ1) is 99.0. The van der Waals surface area contributed by atoms with Crippen molar-refractivity contribution in [3.63, 3.8) is 0 Å². The summed E-state index contributed by atoms with van der Waals surface area (Å²) in [5, 5.41) is 14.1. The second-order valence-corrected chi connectivity index (χ2v) is 24.7. The van der Waals surface area contributed by atoms with Crippen LogP contribution in [0.3, 0.4) is 0 Å². The maximum absolute atomic E-state index is 4.34. The number of rotatable bonds is 0. The van der Waals surface area contributed by atoms with E-state index < -0.39 is 0 Å². The molecule has 0 fully saturated rings. The van der Waals surface area contributed by atoms with E-state index in [9.17, 15) is 0 Å². The highest BCUT2D eigenvalue weighted by molar-refractivity contribution is 5.89. The summed E-state index contributed by atoms with van der Waals surface area (Å²) in [7, 11) is 0. The molecule has 8 aromatic heterocycles. The minimum atomic E-state index is 0.973. The molecule has 0 aliphatic carbocycles. The van der Waals surface area contributed by atoms with Gasteiger partial charge in [-0.1, -0.05) is 244 Å². The van der Waals surface area contributed by atoms with Gasteiger partial charge in [-0.2, -0.15) is 0 Å². The number of fused-ring (bicyclic) bond motifs is 8. The molecule has 8 heteroatoms. The van der Waals surface area contributed by atoms with Crippen molar-refractivity contribution in [2.24, 2.45) is 0 Å². The normalized spacial score (nSPS) is 9.43. The summed E-state index contributed by atoms with van der Waals surface area (Å²) in [5.74, 6) is 0. The van der Waals surface area contributed by atoms with E-state index in [1.54, 1.807) is 6.20 Å². The van der Waals surface area contributed by atoms with Crippen LogP contribution in [0.4, 0.5) is 0 Å². The number of para-hydroxylation sites is 1. The maximum atomic E-state index is 4.34. The molecule has 0 N–H and O–H groups in total. The van der Waals surface area contributed by atoms with Gasteiger partial charge in [0.25, 0.3) is 0 Å². The standard InChI is InChI=1S/C12H12.6C11H11N.C10H10N2.8C2H6/c1-9-7-8-11-5-3-4-6-12(11)10(9)2;1-8-3-4-10-7-12-6-5-11(10)9(8)2;1-8-3-4-10-5-6-12-7-11(10)9(8)2;1-8-5-6-11-10(9(8)2)4-3-7-12-11;1-8-5-6-10-4-3-7-12-11(10)9(8)2;1-8-9(2)12-7-10-5-3-4-6-11(8)10;1-8-7-12-11-6-4-3-5-10(11)9(8)2;1-7-6-12-9-4-3-5-11-10(9)8(7)2;8*1-2/h3-8H,1-2H3;6*3-7H,1-2H3;3-6H,1-2H3;8*1-2H3. The van der Waals surface area contributed by atoms with Gasteiger partial charge in [0, 0.05) is 100.0 Å². The lowest BCUT2D eigenvalue weighted by atomic mass is 10.0. The second kappa shape index (κ2) is 55.4. The molecule has 112 heavy (non-hydrogen) atoms. The van der Waals surface area contributed by atoms with E-state index in [2.05, 4.69) is 277 Å². The van der Waals surface area contributed by atoms with Crippen molar-refractivity contribution in [1.82, 2.24) is 39.9 Å². The minimum absolute atomic E-state index is 0.973. The molecular formula is C104H136N8. The lowest BCUT2D eigenvalue weighted by molar-refractivity contribution is 1.18. The Kier molecular flexibility index (Phi) is 49.0. The second-order valence-electron chi connectivity index (χ2n) is 24.7. The van der Waals surface area contributed by atoms with E-state index >= 15 is 0 Å². The topological polar surface area (TPSA) is 103 Å². The van der Waals surface area contributed by atoms with Crippen molar-refractivity contribution in [3.05, 3.63) is 333 Å². The fourth-order valence-corrected chi connectivity index (χ4v) is 11.2. The van der Waals surface area contributed by atoms with Gasteiger partial charge in [-0.05, 0) is 270 Å². The summed E-state index contributed by atoms with van der Waals surface area (Å²) in [6, 6.07) is 62.6. The number of aromatic nitrogens is 8. The molecule has 592 valence electrons. The molecule has 0 saturated carbocycles. The van der Waals surface area contributed by atoms with Crippen molar-refractivity contribution in [1.29, 1.82) is 0 Å². The molecule has 8 heterocycles. The van der Waals surface area contributed by atoms with E-state index in [-0.39, 0.29) is 0 Å². The average Bonchev–Trinajstić information content (AvgIpc) is 0.893. The fraction of sp³-hybridized carbons (Fsp3) is 0.308. The van der Waals surface area contributed by atoms with Gasteiger partial charge >= 0.3 is 0 Å². The highest BCUT2D eigenvalue weighted by atomic mass is 14.7. The van der Waals surface area contributed by atoms with Crippen LogP contribution in [0.2, 0.25) is 0 Å². The van der Waals surface area contributed by atoms with Crippen molar-refractivity contribution in [3.8, 4) is 0 Å². The van der Waals surface area contributed by atoms with E-state index in [1.165, 1.54) is 143 Å². The smallest absolute Gasteiger partial charge is 0.0918 e. The van der Waals surface area contributed by atoms with Crippen LogP contribution in [-0.4, -0.2) is 39.9 Å². The third-order valence-corrected chi connectivity index (χ3v) is 18.5.